The highest BCUT2D eigenvalue weighted by atomic mass is 16.5. The van der Waals surface area contributed by atoms with Crippen LogP contribution in [0.4, 0.5) is 0 Å². The summed E-state index contributed by atoms with van der Waals surface area (Å²) < 4.78 is 11.4. The Morgan fingerprint density at radius 3 is 2.30 bits per heavy atom. The summed E-state index contributed by atoms with van der Waals surface area (Å²) in [6.45, 7) is 8.25. The lowest BCUT2D eigenvalue weighted by Gasteiger charge is -2.19. The van der Waals surface area contributed by atoms with Crippen LogP contribution in [0.25, 0.3) is 0 Å². The van der Waals surface area contributed by atoms with Crippen molar-refractivity contribution in [2.75, 3.05) is 6.61 Å². The summed E-state index contributed by atoms with van der Waals surface area (Å²) in [5.41, 5.74) is 6.59. The molecule has 0 spiro atoms. The van der Waals surface area contributed by atoms with Crippen LogP contribution < -0.4 is 20.2 Å². The zero-order chi connectivity index (χ0) is 26.6. The van der Waals surface area contributed by atoms with Crippen LogP contribution in [0.1, 0.15) is 42.5 Å². The molecule has 0 aromatic heterocycles. The highest BCUT2D eigenvalue weighted by Crippen LogP contribution is 2.16. The van der Waals surface area contributed by atoms with Crippen molar-refractivity contribution in [3.05, 3.63) is 95.1 Å². The van der Waals surface area contributed by atoms with E-state index in [-0.39, 0.29) is 24.3 Å². The van der Waals surface area contributed by atoms with Gasteiger partial charge in [-0.05, 0) is 73.2 Å². The molecule has 3 aromatic rings. The minimum absolute atomic E-state index is 0.172. The number of para-hydroxylation sites is 1. The Hall–Kier alpha value is -4.13. The van der Waals surface area contributed by atoms with Crippen molar-refractivity contribution >= 4 is 18.0 Å². The summed E-state index contributed by atoms with van der Waals surface area (Å²) >= 11 is 0. The molecular formula is C30H35N3O4. The second kappa shape index (κ2) is 13.8. The highest BCUT2D eigenvalue weighted by molar-refractivity contribution is 5.89. The first-order chi connectivity index (χ1) is 17.8. The van der Waals surface area contributed by atoms with Crippen LogP contribution in [0, 0.1) is 19.8 Å². The molecule has 2 amide bonds. The molecule has 0 aliphatic heterocycles. The summed E-state index contributed by atoms with van der Waals surface area (Å²) in [5.74, 6) is 0.833. The monoisotopic (exact) mass is 501 g/mol. The number of nitrogens with one attached hydrogen (secondary N) is 2. The number of hydrogen-bond donors (Lipinski definition) is 2. The maximum atomic E-state index is 12.7. The molecule has 0 bridgehead atoms. The number of rotatable bonds is 12. The summed E-state index contributed by atoms with van der Waals surface area (Å²) in [6.07, 6.45) is 2.03. The molecule has 0 radical (unpaired) electrons. The fraction of sp³-hybridized carbons (Fsp3) is 0.300. The number of amides is 2. The zero-order valence-electron chi connectivity index (χ0n) is 21.9. The van der Waals surface area contributed by atoms with Gasteiger partial charge in [0.1, 0.15) is 24.1 Å². The Balaban J connectivity index is 1.48. The molecule has 0 saturated heterocycles. The van der Waals surface area contributed by atoms with Gasteiger partial charge in [-0.25, -0.2) is 5.43 Å². The summed E-state index contributed by atoms with van der Waals surface area (Å²) in [5, 5.41) is 6.82. The first-order valence-electron chi connectivity index (χ1n) is 12.4. The van der Waals surface area contributed by atoms with Gasteiger partial charge in [0.15, 0.2) is 6.61 Å². The zero-order valence-corrected chi connectivity index (χ0v) is 21.9. The molecule has 0 aliphatic rings. The van der Waals surface area contributed by atoms with Gasteiger partial charge in [0, 0.05) is 0 Å². The second-order valence-electron chi connectivity index (χ2n) is 9.38. The molecule has 7 nitrogen and oxygen atoms in total. The number of hydrazone groups is 1. The lowest BCUT2D eigenvalue weighted by molar-refractivity contribution is -0.130. The fourth-order valence-corrected chi connectivity index (χ4v) is 3.55. The second-order valence-corrected chi connectivity index (χ2v) is 9.38. The molecule has 194 valence electrons. The molecule has 3 rings (SSSR count). The highest BCUT2D eigenvalue weighted by Gasteiger charge is 2.22. The van der Waals surface area contributed by atoms with Gasteiger partial charge < -0.3 is 14.8 Å². The van der Waals surface area contributed by atoms with Crippen molar-refractivity contribution in [1.82, 2.24) is 10.7 Å². The van der Waals surface area contributed by atoms with Crippen molar-refractivity contribution in [1.29, 1.82) is 0 Å². The predicted octanol–water partition coefficient (Wildman–Crippen LogP) is 4.94. The van der Waals surface area contributed by atoms with Crippen LogP contribution in [0.3, 0.4) is 0 Å². The van der Waals surface area contributed by atoms with Gasteiger partial charge in [-0.15, -0.1) is 0 Å². The fourth-order valence-electron chi connectivity index (χ4n) is 3.55. The van der Waals surface area contributed by atoms with Gasteiger partial charge in [0.05, 0.1) is 6.21 Å². The van der Waals surface area contributed by atoms with E-state index in [0.717, 1.165) is 22.4 Å². The van der Waals surface area contributed by atoms with E-state index in [9.17, 15) is 9.59 Å². The van der Waals surface area contributed by atoms with Gasteiger partial charge in [-0.2, -0.15) is 5.10 Å². The Morgan fingerprint density at radius 1 is 0.919 bits per heavy atom. The first-order valence-corrected chi connectivity index (χ1v) is 12.4. The van der Waals surface area contributed by atoms with Crippen LogP contribution in [-0.4, -0.2) is 30.7 Å². The number of benzene rings is 3. The van der Waals surface area contributed by atoms with E-state index in [0.29, 0.717) is 18.8 Å². The standard InChI is InChI=1S/C30H35N3O4/c1-21(2)17-27(32-29(34)20-37-28-8-6-5-7-23(28)4)30(35)33-31-18-24-13-15-26(16-14-24)36-19-25-11-9-22(3)10-12-25/h5-16,18,21,27H,17,19-20H2,1-4H3,(H,32,34)(H,33,35)/b31-18-/t27-/m0/s1. The molecule has 0 aliphatic carbocycles. The molecule has 1 atom stereocenters. The van der Waals surface area contributed by atoms with E-state index in [4.69, 9.17) is 9.47 Å². The van der Waals surface area contributed by atoms with Crippen LogP contribution in [0.5, 0.6) is 11.5 Å². The molecule has 3 aromatic carbocycles. The molecule has 7 heteroatoms. The Kier molecular flexibility index (Phi) is 10.3. The molecule has 2 N–H and O–H groups in total. The van der Waals surface area contributed by atoms with Gasteiger partial charge in [-0.1, -0.05) is 61.9 Å². The summed E-state index contributed by atoms with van der Waals surface area (Å²) in [7, 11) is 0. The van der Waals surface area contributed by atoms with E-state index >= 15 is 0 Å². The third-order valence-electron chi connectivity index (χ3n) is 5.61. The average molecular weight is 502 g/mol. The van der Waals surface area contributed by atoms with Gasteiger partial charge in [0.25, 0.3) is 11.8 Å². The lowest BCUT2D eigenvalue weighted by atomic mass is 10.0. The Labute approximate surface area is 218 Å². The average Bonchev–Trinajstić information content (AvgIpc) is 2.88. The molecule has 0 saturated carbocycles. The van der Waals surface area contributed by atoms with Crippen LogP contribution in [-0.2, 0) is 16.2 Å². The maximum absolute atomic E-state index is 12.7. The van der Waals surface area contributed by atoms with E-state index < -0.39 is 6.04 Å². The maximum Gasteiger partial charge on any atom is 0.262 e. The topological polar surface area (TPSA) is 89.0 Å². The van der Waals surface area contributed by atoms with E-state index in [1.165, 1.54) is 5.56 Å². The van der Waals surface area contributed by atoms with Crippen LogP contribution >= 0.6 is 0 Å². The first kappa shape index (κ1) is 27.5. The Morgan fingerprint density at radius 2 is 1.62 bits per heavy atom. The molecular weight excluding hydrogens is 466 g/mol. The van der Waals surface area contributed by atoms with Gasteiger partial charge >= 0.3 is 0 Å². The van der Waals surface area contributed by atoms with Gasteiger partial charge in [0.2, 0.25) is 0 Å². The quantitative estimate of drug-likeness (QED) is 0.272. The van der Waals surface area contributed by atoms with Crippen LogP contribution in [0.2, 0.25) is 0 Å². The third-order valence-corrected chi connectivity index (χ3v) is 5.61. The number of aryl methyl sites for hydroxylation is 2. The van der Waals surface area contributed by atoms with E-state index in [1.54, 1.807) is 12.3 Å². The normalized spacial score (nSPS) is 11.8. The van der Waals surface area contributed by atoms with Crippen molar-refractivity contribution in [2.24, 2.45) is 11.0 Å². The SMILES string of the molecule is Cc1ccc(COc2ccc(/C=N\NC(=O)[C@H](CC(C)C)NC(=O)COc3ccccc3C)cc2)cc1. The minimum Gasteiger partial charge on any atom is -0.489 e. The smallest absolute Gasteiger partial charge is 0.262 e. The van der Waals surface area contributed by atoms with Crippen molar-refractivity contribution < 1.29 is 19.1 Å². The van der Waals surface area contributed by atoms with E-state index in [2.05, 4.69) is 34.9 Å². The van der Waals surface area contributed by atoms with Gasteiger partial charge in [-0.3, -0.25) is 9.59 Å². The number of ether oxygens (including phenoxy) is 2. The predicted molar refractivity (Wildman–Crippen MR) is 146 cm³/mol. The number of hydrogen-bond acceptors (Lipinski definition) is 5. The molecule has 0 fully saturated rings. The van der Waals surface area contributed by atoms with E-state index in [1.807, 2.05) is 75.4 Å². The summed E-state index contributed by atoms with van der Waals surface area (Å²) in [4.78, 5) is 25.2. The molecule has 0 unspecified atom stereocenters. The minimum atomic E-state index is -0.720. The lowest BCUT2D eigenvalue weighted by Crippen LogP contribution is -2.47. The van der Waals surface area contributed by atoms with Crippen molar-refractivity contribution in [3.63, 3.8) is 0 Å². The largest absolute Gasteiger partial charge is 0.489 e. The molecule has 0 heterocycles. The third kappa shape index (κ3) is 9.44. The van der Waals surface area contributed by atoms with Crippen LogP contribution in [0.15, 0.2) is 77.9 Å². The Bertz CT molecular complexity index is 1190. The van der Waals surface area contributed by atoms with Crippen molar-refractivity contribution in [2.45, 2.75) is 46.8 Å². The molecule has 37 heavy (non-hydrogen) atoms. The summed E-state index contributed by atoms with van der Waals surface area (Å²) in [6, 6.07) is 22.4. The number of carbonyl (C=O) groups is 2. The number of nitrogens with zero attached hydrogens (tertiary/aromatic N) is 1. The number of carbonyl (C=O) groups excluding carboxylic acids is 2. The van der Waals surface area contributed by atoms with Crippen molar-refractivity contribution in [3.8, 4) is 11.5 Å².